The maximum Gasteiger partial charge on any atom is 0.296 e. The second-order valence-corrected chi connectivity index (χ2v) is 9.95. The van der Waals surface area contributed by atoms with Gasteiger partial charge in [-0.1, -0.05) is 62.8 Å². The van der Waals surface area contributed by atoms with Crippen LogP contribution in [0.1, 0.15) is 56.9 Å². The number of benzene rings is 2. The zero-order valence-electron chi connectivity index (χ0n) is 16.4. The Hall–Kier alpha value is -1.52. The molecule has 162 valence electrons. The zero-order chi connectivity index (χ0) is 21.5. The molecule has 2 aromatic rings. The van der Waals surface area contributed by atoms with Crippen molar-refractivity contribution in [2.45, 2.75) is 67.6 Å². The number of hydrogen-bond donors (Lipinski definition) is 3. The van der Waals surface area contributed by atoms with Crippen LogP contribution in [-0.4, -0.2) is 32.5 Å². The summed E-state index contributed by atoms with van der Waals surface area (Å²) in [7, 11) is -9.71. The van der Waals surface area contributed by atoms with Gasteiger partial charge in [0.25, 0.3) is 20.2 Å². The fourth-order valence-corrected chi connectivity index (χ4v) is 5.89. The first-order valence-corrected chi connectivity index (χ1v) is 12.7. The Bertz CT molecular complexity index is 1030. The minimum Gasteiger partial charge on any atom is -0.330 e. The van der Waals surface area contributed by atoms with Gasteiger partial charge < -0.3 is 5.73 Å². The fraction of sp³-hybridized carbons (Fsp3) is 0.500. The number of fused-ring (bicyclic) bond motifs is 1. The molecule has 0 saturated heterocycles. The van der Waals surface area contributed by atoms with Crippen molar-refractivity contribution in [1.82, 2.24) is 0 Å². The van der Waals surface area contributed by atoms with Gasteiger partial charge in [0.05, 0.1) is 0 Å². The lowest BCUT2D eigenvalue weighted by Gasteiger charge is -2.14. The van der Waals surface area contributed by atoms with E-state index in [-0.39, 0.29) is 17.4 Å². The lowest BCUT2D eigenvalue weighted by molar-refractivity contribution is 0.466. The summed E-state index contributed by atoms with van der Waals surface area (Å²) >= 11 is 0. The average Bonchev–Trinajstić information content (AvgIpc) is 2.64. The van der Waals surface area contributed by atoms with Gasteiger partial charge in [-0.2, -0.15) is 16.8 Å². The fourth-order valence-electron chi connectivity index (χ4n) is 3.60. The molecule has 0 aliphatic carbocycles. The standard InChI is InChI=1S/C20H29NO6S2/c21-14-10-6-4-2-1-3-5-7-12-17-15-16-11-8-9-13-18(16)20(29(25,26)27)19(17)28(22,23)24/h8-9,11,13,15H,1-7,10,12,14,21H2,(H,22,23,24)(H,25,26,27). The number of rotatable bonds is 12. The van der Waals surface area contributed by atoms with Crippen molar-refractivity contribution in [1.29, 1.82) is 0 Å². The highest BCUT2D eigenvalue weighted by Gasteiger charge is 2.29. The SMILES string of the molecule is NCCCCCCCCCCc1cc2ccccc2c(S(=O)(=O)O)c1S(=O)(=O)O. The first-order valence-electron chi connectivity index (χ1n) is 9.86. The third-order valence-electron chi connectivity index (χ3n) is 4.95. The largest absolute Gasteiger partial charge is 0.330 e. The van der Waals surface area contributed by atoms with Crippen LogP contribution in [0.5, 0.6) is 0 Å². The summed E-state index contributed by atoms with van der Waals surface area (Å²) in [6, 6.07) is 7.85. The molecule has 0 bridgehead atoms. The summed E-state index contributed by atoms with van der Waals surface area (Å²) in [6.45, 7) is 0.716. The summed E-state index contributed by atoms with van der Waals surface area (Å²) in [6.07, 6.45) is 8.29. The quantitative estimate of drug-likeness (QED) is 0.334. The van der Waals surface area contributed by atoms with Gasteiger partial charge in [0.15, 0.2) is 0 Å². The molecule has 0 aliphatic rings. The molecule has 0 spiro atoms. The normalized spacial score (nSPS) is 12.5. The van der Waals surface area contributed by atoms with Crippen LogP contribution in [0, 0.1) is 0 Å². The Morgan fingerprint density at radius 2 is 1.24 bits per heavy atom. The molecular formula is C20H29NO6S2. The topological polar surface area (TPSA) is 135 Å². The van der Waals surface area contributed by atoms with Crippen LogP contribution in [0.15, 0.2) is 40.1 Å². The summed E-state index contributed by atoms with van der Waals surface area (Å²) in [4.78, 5) is -1.48. The molecule has 0 aliphatic heterocycles. The lowest BCUT2D eigenvalue weighted by Crippen LogP contribution is -2.12. The van der Waals surface area contributed by atoms with Crippen molar-refractivity contribution in [2.24, 2.45) is 5.73 Å². The predicted molar refractivity (Wildman–Crippen MR) is 113 cm³/mol. The van der Waals surface area contributed by atoms with Crippen molar-refractivity contribution in [3.8, 4) is 0 Å². The van der Waals surface area contributed by atoms with Gasteiger partial charge in [0.1, 0.15) is 9.79 Å². The van der Waals surface area contributed by atoms with E-state index >= 15 is 0 Å². The highest BCUT2D eigenvalue weighted by atomic mass is 32.2. The molecule has 29 heavy (non-hydrogen) atoms. The van der Waals surface area contributed by atoms with Crippen LogP contribution in [0.4, 0.5) is 0 Å². The Morgan fingerprint density at radius 3 is 1.79 bits per heavy atom. The Balaban J connectivity index is 2.21. The Labute approximate surface area is 172 Å². The van der Waals surface area contributed by atoms with E-state index < -0.39 is 30.0 Å². The number of hydrogen-bond acceptors (Lipinski definition) is 5. The lowest BCUT2D eigenvalue weighted by atomic mass is 10.0. The molecule has 0 radical (unpaired) electrons. The molecule has 0 saturated carbocycles. The Morgan fingerprint density at radius 1 is 0.724 bits per heavy atom. The van der Waals surface area contributed by atoms with Gasteiger partial charge in [-0.05, 0) is 42.8 Å². The van der Waals surface area contributed by atoms with Gasteiger partial charge >= 0.3 is 0 Å². The van der Waals surface area contributed by atoms with Crippen molar-refractivity contribution in [3.05, 3.63) is 35.9 Å². The number of unbranched alkanes of at least 4 members (excludes halogenated alkanes) is 7. The first kappa shape index (κ1) is 23.8. The van der Waals surface area contributed by atoms with Crippen molar-refractivity contribution in [3.63, 3.8) is 0 Å². The van der Waals surface area contributed by atoms with Crippen LogP contribution in [-0.2, 0) is 26.7 Å². The monoisotopic (exact) mass is 443 g/mol. The van der Waals surface area contributed by atoms with Gasteiger partial charge in [-0.25, -0.2) is 0 Å². The van der Waals surface area contributed by atoms with Gasteiger partial charge in [0.2, 0.25) is 0 Å². The van der Waals surface area contributed by atoms with Crippen molar-refractivity contribution >= 4 is 31.0 Å². The molecule has 0 aromatic heterocycles. The third-order valence-corrected chi connectivity index (χ3v) is 7.00. The van der Waals surface area contributed by atoms with E-state index in [1.54, 1.807) is 18.2 Å². The summed E-state index contributed by atoms with van der Waals surface area (Å²) < 4.78 is 67.3. The van der Waals surface area contributed by atoms with E-state index in [0.717, 1.165) is 44.9 Å². The molecule has 7 nitrogen and oxygen atoms in total. The summed E-state index contributed by atoms with van der Waals surface area (Å²) in [5.74, 6) is 0. The predicted octanol–water partition coefficient (Wildman–Crippen LogP) is 3.96. The van der Waals surface area contributed by atoms with E-state index in [2.05, 4.69) is 0 Å². The van der Waals surface area contributed by atoms with E-state index in [9.17, 15) is 25.9 Å². The van der Waals surface area contributed by atoms with Gasteiger partial charge in [-0.3, -0.25) is 9.11 Å². The van der Waals surface area contributed by atoms with E-state index in [1.807, 2.05) is 0 Å². The van der Waals surface area contributed by atoms with Crippen LogP contribution >= 0.6 is 0 Å². The second kappa shape index (κ2) is 10.5. The minimum absolute atomic E-state index is 0.0591. The van der Waals surface area contributed by atoms with Crippen LogP contribution < -0.4 is 5.73 Å². The molecule has 4 N–H and O–H groups in total. The van der Waals surface area contributed by atoms with E-state index in [4.69, 9.17) is 5.73 Å². The van der Waals surface area contributed by atoms with Crippen LogP contribution in [0.25, 0.3) is 10.8 Å². The first-order chi connectivity index (χ1) is 13.7. The molecule has 0 atom stereocenters. The third kappa shape index (κ3) is 6.75. The van der Waals surface area contributed by atoms with Crippen molar-refractivity contribution < 1.29 is 25.9 Å². The molecule has 0 fully saturated rings. The maximum absolute atomic E-state index is 12.0. The number of nitrogens with two attached hydrogens (primary N) is 1. The molecule has 0 heterocycles. The summed E-state index contributed by atoms with van der Waals surface area (Å²) in [5, 5.41) is 0.547. The number of aryl methyl sites for hydroxylation is 1. The van der Waals surface area contributed by atoms with Crippen LogP contribution in [0.3, 0.4) is 0 Å². The smallest absolute Gasteiger partial charge is 0.296 e. The highest BCUT2D eigenvalue weighted by Crippen LogP contribution is 2.34. The maximum atomic E-state index is 12.0. The zero-order valence-corrected chi connectivity index (χ0v) is 18.0. The Kier molecular flexibility index (Phi) is 8.59. The second-order valence-electron chi connectivity index (χ2n) is 7.23. The summed E-state index contributed by atoms with van der Waals surface area (Å²) in [5.41, 5.74) is 5.66. The molecule has 0 amide bonds. The van der Waals surface area contributed by atoms with E-state index in [0.29, 0.717) is 18.4 Å². The molecule has 2 aromatic carbocycles. The van der Waals surface area contributed by atoms with Crippen molar-refractivity contribution in [2.75, 3.05) is 6.54 Å². The average molecular weight is 444 g/mol. The molecule has 9 heteroatoms. The van der Waals surface area contributed by atoms with E-state index in [1.165, 1.54) is 12.1 Å². The molecule has 0 unspecified atom stereocenters. The molecular weight excluding hydrogens is 414 g/mol. The van der Waals surface area contributed by atoms with Gasteiger partial charge in [0, 0.05) is 5.39 Å². The van der Waals surface area contributed by atoms with Gasteiger partial charge in [-0.15, -0.1) is 0 Å². The molecule has 2 rings (SSSR count). The highest BCUT2D eigenvalue weighted by molar-refractivity contribution is 7.89. The van der Waals surface area contributed by atoms with Crippen LogP contribution in [0.2, 0.25) is 0 Å². The minimum atomic E-state index is -4.86.